The second-order valence-corrected chi connectivity index (χ2v) is 2.53. The zero-order valence-corrected chi connectivity index (χ0v) is 7.62. The van der Waals surface area contributed by atoms with Crippen molar-refractivity contribution in [3.05, 3.63) is 24.3 Å². The summed E-state index contributed by atoms with van der Waals surface area (Å²) < 4.78 is 0. The minimum atomic E-state index is 0.654. The van der Waals surface area contributed by atoms with Crippen molar-refractivity contribution >= 4 is 0 Å². The Morgan fingerprint density at radius 3 is 2.25 bits per heavy atom. The summed E-state index contributed by atoms with van der Waals surface area (Å²) in [5.74, 6) is 0.654. The molecule has 0 aromatic carbocycles. The van der Waals surface area contributed by atoms with Gasteiger partial charge in [0.05, 0.1) is 0 Å². The normalized spacial score (nSPS) is 15.8. The second-order valence-electron chi connectivity index (χ2n) is 2.53. The molecule has 1 aromatic heterocycles. The van der Waals surface area contributed by atoms with Crippen LogP contribution in [0.2, 0.25) is 0 Å². The van der Waals surface area contributed by atoms with Crippen molar-refractivity contribution in [3.8, 4) is 0 Å². The van der Waals surface area contributed by atoms with E-state index in [1.54, 1.807) is 6.33 Å². The van der Waals surface area contributed by atoms with Gasteiger partial charge in [0.2, 0.25) is 0 Å². The molecule has 2 rings (SSSR count). The fourth-order valence-corrected chi connectivity index (χ4v) is 1.05. The van der Waals surface area contributed by atoms with Gasteiger partial charge in [0.25, 0.3) is 0 Å². The molecule has 66 valence electrons. The molecule has 3 nitrogen and oxygen atoms in total. The molecule has 1 fully saturated rings. The van der Waals surface area contributed by atoms with E-state index in [1.165, 1.54) is 5.56 Å². The van der Waals surface area contributed by atoms with Crippen LogP contribution in [0.15, 0.2) is 18.7 Å². The smallest absolute Gasteiger partial charge is 0.115 e. The molecule has 1 aliphatic heterocycles. The van der Waals surface area contributed by atoms with E-state index in [0.717, 1.165) is 13.1 Å². The quantitative estimate of drug-likeness (QED) is 0.679. The molecular weight excluding hydrogens is 150 g/mol. The highest BCUT2D eigenvalue weighted by Crippen LogP contribution is 2.16. The van der Waals surface area contributed by atoms with Gasteiger partial charge >= 0.3 is 0 Å². The van der Waals surface area contributed by atoms with Crippen molar-refractivity contribution in [1.82, 2.24) is 15.3 Å². The minimum Gasteiger partial charge on any atom is -0.315 e. The van der Waals surface area contributed by atoms with Gasteiger partial charge in [-0.25, -0.2) is 9.97 Å². The number of hydrogen-bond donors (Lipinski definition) is 1. The lowest BCUT2D eigenvalue weighted by Crippen LogP contribution is -2.39. The van der Waals surface area contributed by atoms with Crippen molar-refractivity contribution in [1.29, 1.82) is 0 Å². The maximum atomic E-state index is 3.95. The monoisotopic (exact) mass is 165 g/mol. The molecule has 0 spiro atoms. The van der Waals surface area contributed by atoms with Gasteiger partial charge in [-0.3, -0.25) is 0 Å². The lowest BCUT2D eigenvalue weighted by Gasteiger charge is -2.26. The summed E-state index contributed by atoms with van der Waals surface area (Å²) >= 11 is 0. The van der Waals surface area contributed by atoms with E-state index in [9.17, 15) is 0 Å². The van der Waals surface area contributed by atoms with E-state index < -0.39 is 0 Å². The summed E-state index contributed by atoms with van der Waals surface area (Å²) in [7, 11) is 0. The van der Waals surface area contributed by atoms with Gasteiger partial charge in [0, 0.05) is 31.4 Å². The molecule has 0 unspecified atom stereocenters. The molecule has 3 heteroatoms. The largest absolute Gasteiger partial charge is 0.315 e. The average Bonchev–Trinajstić information content (AvgIpc) is 2.07. The Kier molecular flexibility index (Phi) is 3.67. The van der Waals surface area contributed by atoms with E-state index in [4.69, 9.17) is 0 Å². The van der Waals surface area contributed by atoms with E-state index >= 15 is 0 Å². The van der Waals surface area contributed by atoms with Crippen LogP contribution < -0.4 is 5.32 Å². The zero-order chi connectivity index (χ0) is 8.81. The van der Waals surface area contributed by atoms with Crippen LogP contribution in [-0.2, 0) is 0 Å². The van der Waals surface area contributed by atoms with Crippen LogP contribution in [0.25, 0.3) is 0 Å². The van der Waals surface area contributed by atoms with Gasteiger partial charge in [-0.15, -0.1) is 0 Å². The number of nitrogens with one attached hydrogen (secondary N) is 1. The number of aromatic nitrogens is 2. The Balaban J connectivity index is 0.000000336. The molecule has 1 aliphatic rings. The Morgan fingerprint density at radius 1 is 1.25 bits per heavy atom. The van der Waals surface area contributed by atoms with Crippen LogP contribution in [0.4, 0.5) is 0 Å². The molecule has 12 heavy (non-hydrogen) atoms. The highest BCUT2D eigenvalue weighted by molar-refractivity contribution is 5.14. The fraction of sp³-hybridized carbons (Fsp3) is 0.556. The molecule has 0 atom stereocenters. The molecule has 0 saturated carbocycles. The molecule has 1 aromatic rings. The maximum absolute atomic E-state index is 3.95. The number of hydrogen-bond acceptors (Lipinski definition) is 3. The third kappa shape index (κ3) is 2.01. The summed E-state index contributed by atoms with van der Waals surface area (Å²) in [6.45, 7) is 6.15. The standard InChI is InChI=1S/C7H9N3.C2H6/c1-6(2-8-1)7-3-9-5-10-4-7;1-2/h3-6,8H,1-2H2;1-2H3. The van der Waals surface area contributed by atoms with Crippen LogP contribution in [-0.4, -0.2) is 23.1 Å². The zero-order valence-electron chi connectivity index (χ0n) is 7.62. The summed E-state index contributed by atoms with van der Waals surface area (Å²) in [6, 6.07) is 0. The molecule has 0 aliphatic carbocycles. The van der Waals surface area contributed by atoms with E-state index in [0.29, 0.717) is 5.92 Å². The van der Waals surface area contributed by atoms with Gasteiger partial charge in [0.1, 0.15) is 6.33 Å². The maximum Gasteiger partial charge on any atom is 0.115 e. The minimum absolute atomic E-state index is 0.654. The Bertz CT molecular complexity index is 206. The van der Waals surface area contributed by atoms with Crippen molar-refractivity contribution in [2.24, 2.45) is 0 Å². The highest BCUT2D eigenvalue weighted by atomic mass is 15.0. The van der Waals surface area contributed by atoms with Crippen molar-refractivity contribution in [3.63, 3.8) is 0 Å². The third-order valence-corrected chi connectivity index (χ3v) is 1.83. The lowest BCUT2D eigenvalue weighted by molar-refractivity contribution is 0.446. The molecular formula is C9H15N3. The Hall–Kier alpha value is -0.960. The molecule has 2 heterocycles. The first kappa shape index (κ1) is 9.13. The third-order valence-electron chi connectivity index (χ3n) is 1.83. The SMILES string of the molecule is CC.c1ncc(C2CNC2)cn1. The molecule has 1 saturated heterocycles. The van der Waals surface area contributed by atoms with Gasteiger partial charge in [-0.05, 0) is 5.56 Å². The van der Waals surface area contributed by atoms with Crippen molar-refractivity contribution < 1.29 is 0 Å². The van der Waals surface area contributed by atoms with Crippen molar-refractivity contribution in [2.75, 3.05) is 13.1 Å². The Labute approximate surface area is 73.2 Å². The average molecular weight is 165 g/mol. The van der Waals surface area contributed by atoms with Gasteiger partial charge in [-0.2, -0.15) is 0 Å². The summed E-state index contributed by atoms with van der Waals surface area (Å²) in [5, 5.41) is 3.20. The summed E-state index contributed by atoms with van der Waals surface area (Å²) in [6.07, 6.45) is 5.34. The van der Waals surface area contributed by atoms with E-state index in [-0.39, 0.29) is 0 Å². The highest BCUT2D eigenvalue weighted by Gasteiger charge is 2.18. The van der Waals surface area contributed by atoms with E-state index in [2.05, 4.69) is 15.3 Å². The first-order valence-electron chi connectivity index (χ1n) is 4.42. The van der Waals surface area contributed by atoms with Crippen LogP contribution >= 0.6 is 0 Å². The Morgan fingerprint density at radius 2 is 1.83 bits per heavy atom. The van der Waals surface area contributed by atoms with Gasteiger partial charge in [0.15, 0.2) is 0 Å². The molecule has 0 radical (unpaired) electrons. The molecule has 0 amide bonds. The summed E-state index contributed by atoms with van der Waals surface area (Å²) in [5.41, 5.74) is 1.25. The topological polar surface area (TPSA) is 37.8 Å². The number of rotatable bonds is 1. The van der Waals surface area contributed by atoms with Crippen LogP contribution in [0, 0.1) is 0 Å². The summed E-state index contributed by atoms with van der Waals surface area (Å²) in [4.78, 5) is 7.90. The fourth-order valence-electron chi connectivity index (χ4n) is 1.05. The predicted octanol–water partition coefficient (Wildman–Crippen LogP) is 1.19. The first-order valence-corrected chi connectivity index (χ1v) is 4.42. The lowest BCUT2D eigenvalue weighted by atomic mass is 9.97. The second kappa shape index (κ2) is 4.83. The van der Waals surface area contributed by atoms with Crippen LogP contribution in [0.1, 0.15) is 25.3 Å². The van der Waals surface area contributed by atoms with Crippen LogP contribution in [0.3, 0.4) is 0 Å². The molecule has 1 N–H and O–H groups in total. The van der Waals surface area contributed by atoms with Gasteiger partial charge < -0.3 is 5.32 Å². The van der Waals surface area contributed by atoms with Crippen molar-refractivity contribution in [2.45, 2.75) is 19.8 Å². The number of nitrogens with zero attached hydrogens (tertiary/aromatic N) is 2. The predicted molar refractivity (Wildman–Crippen MR) is 49.0 cm³/mol. The molecule has 0 bridgehead atoms. The van der Waals surface area contributed by atoms with Gasteiger partial charge in [-0.1, -0.05) is 13.8 Å². The van der Waals surface area contributed by atoms with E-state index in [1.807, 2.05) is 26.2 Å². The first-order chi connectivity index (χ1) is 5.97. The van der Waals surface area contributed by atoms with Crippen LogP contribution in [0.5, 0.6) is 0 Å².